The van der Waals surface area contributed by atoms with Gasteiger partial charge in [-0.1, -0.05) is 18.2 Å². The fraction of sp³-hybridized carbons (Fsp3) is 0.364. The molecule has 0 bridgehead atoms. The van der Waals surface area contributed by atoms with Gasteiger partial charge in [0, 0.05) is 12.1 Å². The first kappa shape index (κ1) is 10.1. The van der Waals surface area contributed by atoms with Gasteiger partial charge in [0.05, 0.1) is 13.7 Å². The molecular weight excluding hydrogens is 192 g/mol. The van der Waals surface area contributed by atoms with Gasteiger partial charge in [0.25, 0.3) is 5.91 Å². The van der Waals surface area contributed by atoms with Crippen molar-refractivity contribution in [2.24, 2.45) is 5.92 Å². The van der Waals surface area contributed by atoms with E-state index in [2.05, 4.69) is 5.43 Å². The third-order valence-corrected chi connectivity index (χ3v) is 2.86. The highest BCUT2D eigenvalue weighted by atomic mass is 16.3. The van der Waals surface area contributed by atoms with E-state index in [-0.39, 0.29) is 18.4 Å². The highest BCUT2D eigenvalue weighted by Crippen LogP contribution is 2.24. The smallest absolute Gasteiger partial charge is 0.276 e. The van der Waals surface area contributed by atoms with E-state index in [9.17, 15) is 4.79 Å². The molecule has 0 spiro atoms. The van der Waals surface area contributed by atoms with Gasteiger partial charge in [-0.3, -0.25) is 4.79 Å². The van der Waals surface area contributed by atoms with Crippen LogP contribution >= 0.6 is 0 Å². The fourth-order valence-corrected chi connectivity index (χ4v) is 1.97. The monoisotopic (exact) mass is 207 g/mol. The Kier molecular flexibility index (Phi) is 2.46. The molecule has 1 fully saturated rings. The zero-order chi connectivity index (χ0) is 10.9. The molecule has 1 aliphatic rings. The second-order valence-electron chi connectivity index (χ2n) is 4.07. The molecule has 1 aromatic rings. The Labute approximate surface area is 88.7 Å². The lowest BCUT2D eigenvalue weighted by Crippen LogP contribution is -2.52. The van der Waals surface area contributed by atoms with Gasteiger partial charge in [0.2, 0.25) is 0 Å². The summed E-state index contributed by atoms with van der Waals surface area (Å²) in [7, 11) is 1.93. The molecule has 4 heteroatoms. The molecule has 0 aromatic heterocycles. The number of aliphatic hydroxyl groups excluding tert-OH is 1. The van der Waals surface area contributed by atoms with Crippen molar-refractivity contribution in [3.05, 3.63) is 30.3 Å². The molecule has 0 aliphatic carbocycles. The van der Waals surface area contributed by atoms with Crippen molar-refractivity contribution in [1.82, 2.24) is 10.0 Å². The third-order valence-electron chi connectivity index (χ3n) is 2.86. The highest BCUT2D eigenvalue weighted by Gasteiger charge is 2.42. The van der Waals surface area contributed by atoms with Crippen molar-refractivity contribution in [3.63, 3.8) is 0 Å². The zero-order valence-corrected chi connectivity index (χ0v) is 8.68. The van der Waals surface area contributed by atoms with Crippen molar-refractivity contribution < 1.29 is 9.90 Å². The summed E-state index contributed by atoms with van der Waals surface area (Å²) in [5, 5.41) is 9.04. The maximum atomic E-state index is 11.5. The zero-order valence-electron chi connectivity index (χ0n) is 8.68. The van der Waals surface area contributed by atoms with Crippen LogP contribution in [-0.4, -0.2) is 31.2 Å². The number of rotatable bonds is 2. The first-order chi connectivity index (χ1) is 7.15. The van der Waals surface area contributed by atoms with Crippen LogP contribution in [0.2, 0.25) is 0 Å². The van der Waals surface area contributed by atoms with Crippen molar-refractivity contribution in [3.8, 4) is 0 Å². The first-order valence-corrected chi connectivity index (χ1v) is 5.00. The van der Waals surface area contributed by atoms with E-state index in [4.69, 9.17) is 5.11 Å². The molecule has 1 aromatic carbocycles. The van der Waals surface area contributed by atoms with Gasteiger partial charge in [0.15, 0.2) is 5.69 Å². The second-order valence-corrected chi connectivity index (χ2v) is 4.07. The molecule has 0 radical (unpaired) electrons. The van der Waals surface area contributed by atoms with Gasteiger partial charge in [0.1, 0.15) is 12.5 Å². The van der Waals surface area contributed by atoms with E-state index >= 15 is 0 Å². The average molecular weight is 207 g/mol. The van der Waals surface area contributed by atoms with E-state index in [0.29, 0.717) is 11.1 Å². The normalized spacial score (nSPS) is 30.3. The number of hydrogen-bond acceptors (Lipinski definition) is 2. The maximum Gasteiger partial charge on any atom is 0.276 e. The Balaban J connectivity index is 2.27. The van der Waals surface area contributed by atoms with Crippen LogP contribution in [-0.2, 0) is 4.79 Å². The molecule has 1 heterocycles. The Bertz CT molecular complexity index is 366. The number of amides is 1. The minimum absolute atomic E-state index is 0.0798. The van der Waals surface area contributed by atoms with Crippen LogP contribution in [0.1, 0.15) is 0 Å². The van der Waals surface area contributed by atoms with Gasteiger partial charge in [-0.05, 0) is 0 Å². The third kappa shape index (κ3) is 1.73. The van der Waals surface area contributed by atoms with Gasteiger partial charge >= 0.3 is 0 Å². The molecule has 2 N–H and O–H groups in total. The standard InChI is InChI=1S/C11H14N2O2/c1-13(10-5-3-2-4-6-10)7-9(8-14)11(15)12-13/h2-6,9,14H,7-8H2,1H3/p+1. The molecule has 2 unspecified atom stereocenters. The van der Waals surface area contributed by atoms with Crippen molar-refractivity contribution in [1.29, 1.82) is 0 Å². The van der Waals surface area contributed by atoms with Gasteiger partial charge < -0.3 is 5.11 Å². The number of hydrogen-bond donors (Lipinski definition) is 2. The van der Waals surface area contributed by atoms with Crippen LogP contribution in [0, 0.1) is 5.92 Å². The number of aliphatic hydroxyl groups is 1. The molecule has 15 heavy (non-hydrogen) atoms. The summed E-state index contributed by atoms with van der Waals surface area (Å²) in [6, 6.07) is 9.77. The lowest BCUT2D eigenvalue weighted by molar-refractivity contribution is -0.124. The quantitative estimate of drug-likeness (QED) is 0.684. The Morgan fingerprint density at radius 3 is 2.67 bits per heavy atom. The Morgan fingerprint density at radius 1 is 1.47 bits per heavy atom. The molecule has 0 saturated carbocycles. The van der Waals surface area contributed by atoms with E-state index in [1.54, 1.807) is 0 Å². The summed E-state index contributed by atoms with van der Waals surface area (Å²) in [6.45, 7) is 0.506. The summed E-state index contributed by atoms with van der Waals surface area (Å²) >= 11 is 0. The average Bonchev–Trinajstić information content (AvgIpc) is 2.56. The highest BCUT2D eigenvalue weighted by molar-refractivity contribution is 5.82. The van der Waals surface area contributed by atoms with Crippen LogP contribution in [0.15, 0.2) is 30.3 Å². The van der Waals surface area contributed by atoms with Crippen LogP contribution in [0.25, 0.3) is 0 Å². The minimum Gasteiger partial charge on any atom is -0.395 e. The molecule has 1 aliphatic heterocycles. The largest absolute Gasteiger partial charge is 0.395 e. The molecule has 2 atom stereocenters. The predicted molar refractivity (Wildman–Crippen MR) is 57.7 cm³/mol. The molecule has 4 nitrogen and oxygen atoms in total. The van der Waals surface area contributed by atoms with Crippen LogP contribution < -0.4 is 10.0 Å². The van der Waals surface area contributed by atoms with E-state index < -0.39 is 0 Å². The minimum atomic E-state index is -0.296. The lowest BCUT2D eigenvalue weighted by atomic mass is 10.1. The molecule has 1 amide bonds. The number of carbonyl (C=O) groups excluding carboxylic acids is 1. The summed E-state index contributed by atoms with van der Waals surface area (Å²) in [5.41, 5.74) is 3.92. The summed E-state index contributed by atoms with van der Waals surface area (Å²) < 4.78 is 0.366. The summed E-state index contributed by atoms with van der Waals surface area (Å²) in [5.74, 6) is -0.376. The number of nitrogens with zero attached hydrogens (tertiary/aromatic N) is 1. The fourth-order valence-electron chi connectivity index (χ4n) is 1.97. The van der Waals surface area contributed by atoms with Crippen molar-refractivity contribution in [2.45, 2.75) is 0 Å². The second kappa shape index (κ2) is 3.64. The van der Waals surface area contributed by atoms with Crippen LogP contribution in [0.4, 0.5) is 5.69 Å². The van der Waals surface area contributed by atoms with Crippen molar-refractivity contribution >= 4 is 11.6 Å². The van der Waals surface area contributed by atoms with Crippen LogP contribution in [0.3, 0.4) is 0 Å². The van der Waals surface area contributed by atoms with E-state index in [1.807, 2.05) is 37.4 Å². The van der Waals surface area contributed by atoms with E-state index in [0.717, 1.165) is 5.69 Å². The van der Waals surface area contributed by atoms with E-state index in [1.165, 1.54) is 0 Å². The van der Waals surface area contributed by atoms with Crippen molar-refractivity contribution in [2.75, 3.05) is 20.2 Å². The number of quaternary nitrogens is 1. The number of carbonyl (C=O) groups is 1. The first-order valence-electron chi connectivity index (χ1n) is 5.00. The number of para-hydroxylation sites is 1. The molecule has 1 saturated heterocycles. The molecular formula is C11H15N2O2+. The summed E-state index contributed by atoms with van der Waals surface area (Å²) in [6.07, 6.45) is 0. The lowest BCUT2D eigenvalue weighted by Gasteiger charge is -2.26. The number of nitrogens with one attached hydrogen (secondary N) is 1. The van der Waals surface area contributed by atoms with Gasteiger partial charge in [-0.2, -0.15) is 10.0 Å². The Hall–Kier alpha value is -1.39. The molecule has 2 rings (SSSR count). The predicted octanol–water partition coefficient (Wildman–Crippen LogP) is 0.277. The maximum absolute atomic E-state index is 11.5. The topological polar surface area (TPSA) is 49.3 Å². The van der Waals surface area contributed by atoms with Crippen LogP contribution in [0.5, 0.6) is 0 Å². The Morgan fingerprint density at radius 2 is 2.13 bits per heavy atom. The summed E-state index contributed by atoms with van der Waals surface area (Å²) in [4.78, 5) is 11.5. The SMILES string of the molecule is C[N+]1(c2ccccc2)CC(CO)C(=O)N1. The molecule has 80 valence electrons. The van der Waals surface area contributed by atoms with Gasteiger partial charge in [-0.25, -0.2) is 0 Å². The number of benzene rings is 1. The van der Waals surface area contributed by atoms with Gasteiger partial charge in [-0.15, -0.1) is 0 Å².